The highest BCUT2D eigenvalue weighted by atomic mass is 32.2. The number of hydrogen-bond acceptors (Lipinski definition) is 4. The normalized spacial score (nSPS) is 20.7. The zero-order valence-electron chi connectivity index (χ0n) is 10.5. The minimum atomic E-state index is -2.99. The van der Waals surface area contributed by atoms with Crippen LogP contribution in [-0.2, 0) is 16.3 Å². The van der Waals surface area contributed by atoms with E-state index in [2.05, 4.69) is 12.1 Å². The predicted molar refractivity (Wildman–Crippen MR) is 76.7 cm³/mol. The van der Waals surface area contributed by atoms with Crippen LogP contribution in [0.15, 0.2) is 29.2 Å². The van der Waals surface area contributed by atoms with Crippen molar-refractivity contribution in [1.29, 1.82) is 0 Å². The van der Waals surface area contributed by atoms with Gasteiger partial charge in [0.25, 0.3) is 0 Å². The van der Waals surface area contributed by atoms with Gasteiger partial charge < -0.3 is 5.73 Å². The van der Waals surface area contributed by atoms with Crippen molar-refractivity contribution in [2.45, 2.75) is 23.5 Å². The lowest BCUT2D eigenvalue weighted by molar-refractivity contribution is 0.572. The summed E-state index contributed by atoms with van der Waals surface area (Å²) >= 11 is 1.69. The number of thioether (sulfide) groups is 1. The summed E-state index contributed by atoms with van der Waals surface area (Å²) in [7, 11) is -2.99. The first-order valence-corrected chi connectivity index (χ1v) is 8.85. The monoisotopic (exact) mass is 285 g/mol. The number of fused-ring (bicyclic) bond motifs is 1. The van der Waals surface area contributed by atoms with Crippen LogP contribution in [0.25, 0.3) is 0 Å². The molecule has 2 unspecified atom stereocenters. The molecule has 18 heavy (non-hydrogen) atoms. The van der Waals surface area contributed by atoms with E-state index >= 15 is 0 Å². The van der Waals surface area contributed by atoms with Gasteiger partial charge in [0.15, 0.2) is 9.84 Å². The van der Waals surface area contributed by atoms with Gasteiger partial charge in [-0.3, -0.25) is 0 Å². The topological polar surface area (TPSA) is 60.2 Å². The maximum absolute atomic E-state index is 12.0. The fourth-order valence-corrected chi connectivity index (χ4v) is 6.00. The van der Waals surface area contributed by atoms with Gasteiger partial charge in [0.1, 0.15) is 0 Å². The summed E-state index contributed by atoms with van der Waals surface area (Å²) in [6.07, 6.45) is 0.858. The van der Waals surface area contributed by atoms with Crippen molar-refractivity contribution >= 4 is 21.6 Å². The summed E-state index contributed by atoms with van der Waals surface area (Å²) in [5.41, 5.74) is 6.76. The zero-order chi connectivity index (χ0) is 13.2. The van der Waals surface area contributed by atoms with E-state index in [4.69, 9.17) is 5.73 Å². The highest BCUT2D eigenvalue weighted by Crippen LogP contribution is 2.37. The molecular weight excluding hydrogens is 266 g/mol. The molecule has 0 bridgehead atoms. The van der Waals surface area contributed by atoms with Crippen molar-refractivity contribution in [2.75, 3.05) is 18.1 Å². The number of benzene rings is 1. The first-order valence-electron chi connectivity index (χ1n) is 6.15. The van der Waals surface area contributed by atoms with Crippen molar-refractivity contribution < 1.29 is 8.42 Å². The van der Waals surface area contributed by atoms with E-state index in [1.165, 1.54) is 10.5 Å². The van der Waals surface area contributed by atoms with Crippen molar-refractivity contribution in [3.63, 3.8) is 0 Å². The molecule has 1 aliphatic rings. The van der Waals surface area contributed by atoms with Crippen molar-refractivity contribution in [1.82, 2.24) is 0 Å². The summed E-state index contributed by atoms with van der Waals surface area (Å²) in [5.74, 6) is 0.511. The third kappa shape index (κ3) is 3.49. The zero-order valence-corrected chi connectivity index (χ0v) is 12.1. The molecule has 1 aromatic carbocycles. The molecule has 2 atom stereocenters. The van der Waals surface area contributed by atoms with Gasteiger partial charge >= 0.3 is 0 Å². The Hall–Kier alpha value is -0.520. The summed E-state index contributed by atoms with van der Waals surface area (Å²) < 4.78 is 24.1. The molecule has 0 spiro atoms. The van der Waals surface area contributed by atoms with E-state index in [-0.39, 0.29) is 22.7 Å². The van der Waals surface area contributed by atoms with Crippen molar-refractivity contribution in [3.8, 4) is 0 Å². The quantitative estimate of drug-likeness (QED) is 0.895. The maximum atomic E-state index is 12.0. The molecule has 100 valence electrons. The molecule has 0 aromatic heterocycles. The van der Waals surface area contributed by atoms with Crippen LogP contribution in [0.1, 0.15) is 12.5 Å². The fourth-order valence-electron chi connectivity index (χ4n) is 2.20. The Labute approximate surface area is 113 Å². The molecule has 2 N–H and O–H groups in total. The number of rotatable bonds is 5. The Morgan fingerprint density at radius 1 is 1.44 bits per heavy atom. The Morgan fingerprint density at radius 3 is 2.83 bits per heavy atom. The van der Waals surface area contributed by atoms with Gasteiger partial charge in [-0.2, -0.15) is 0 Å². The molecule has 0 saturated carbocycles. The molecule has 1 heterocycles. The molecule has 5 heteroatoms. The van der Waals surface area contributed by atoms with Crippen LogP contribution in [0, 0.1) is 5.92 Å². The largest absolute Gasteiger partial charge is 0.330 e. The fraction of sp³-hybridized carbons (Fsp3) is 0.538. The van der Waals surface area contributed by atoms with Crippen molar-refractivity contribution in [3.05, 3.63) is 29.8 Å². The van der Waals surface area contributed by atoms with E-state index in [0.29, 0.717) is 6.54 Å². The summed E-state index contributed by atoms with van der Waals surface area (Å²) in [6.45, 7) is 2.31. The van der Waals surface area contributed by atoms with E-state index in [0.717, 1.165) is 6.42 Å². The van der Waals surface area contributed by atoms with Gasteiger partial charge in [0, 0.05) is 10.1 Å². The summed E-state index contributed by atoms with van der Waals surface area (Å²) in [4.78, 5) is 1.23. The van der Waals surface area contributed by atoms with E-state index < -0.39 is 9.84 Å². The predicted octanol–water partition coefficient (Wildman–Crippen LogP) is 1.71. The first kappa shape index (κ1) is 13.9. The van der Waals surface area contributed by atoms with Gasteiger partial charge in [-0.1, -0.05) is 25.1 Å². The number of hydrogen-bond donors (Lipinski definition) is 1. The molecule has 0 fully saturated rings. The lowest BCUT2D eigenvalue weighted by Crippen LogP contribution is -2.26. The Morgan fingerprint density at radius 2 is 2.17 bits per heavy atom. The SMILES string of the molecule is CC(CN)CS(=O)(=O)CC1Cc2ccccc2S1. The third-order valence-corrected chi connectivity index (χ3v) is 6.61. The Balaban J connectivity index is 1.97. The number of sulfone groups is 1. The molecule has 1 aromatic rings. The highest BCUT2D eigenvalue weighted by Gasteiger charge is 2.27. The molecule has 3 nitrogen and oxygen atoms in total. The van der Waals surface area contributed by atoms with Gasteiger partial charge in [-0.25, -0.2) is 8.42 Å². The van der Waals surface area contributed by atoms with Gasteiger partial charge in [-0.05, 0) is 30.5 Å². The van der Waals surface area contributed by atoms with Crippen LogP contribution in [0.3, 0.4) is 0 Å². The minimum absolute atomic E-state index is 0.0452. The molecule has 0 aliphatic carbocycles. The van der Waals surface area contributed by atoms with Crippen LogP contribution < -0.4 is 5.73 Å². The van der Waals surface area contributed by atoms with E-state index in [1.807, 2.05) is 19.1 Å². The summed E-state index contributed by atoms with van der Waals surface area (Å²) in [6, 6.07) is 8.15. The lowest BCUT2D eigenvalue weighted by atomic mass is 10.1. The van der Waals surface area contributed by atoms with Crippen LogP contribution in [0.2, 0.25) is 0 Å². The second-order valence-corrected chi connectivity index (χ2v) is 8.47. The van der Waals surface area contributed by atoms with E-state index in [1.54, 1.807) is 11.8 Å². The van der Waals surface area contributed by atoms with Gasteiger partial charge in [0.05, 0.1) is 11.5 Å². The Kier molecular flexibility index (Phi) is 4.35. The van der Waals surface area contributed by atoms with E-state index in [9.17, 15) is 8.42 Å². The second-order valence-electron chi connectivity index (χ2n) is 4.97. The molecular formula is C13H19NO2S2. The van der Waals surface area contributed by atoms with Crippen LogP contribution in [-0.4, -0.2) is 31.7 Å². The van der Waals surface area contributed by atoms with Gasteiger partial charge in [-0.15, -0.1) is 11.8 Å². The molecule has 0 saturated heterocycles. The van der Waals surface area contributed by atoms with Gasteiger partial charge in [0.2, 0.25) is 0 Å². The molecule has 1 aliphatic heterocycles. The average Bonchev–Trinajstić information content (AvgIpc) is 2.68. The summed E-state index contributed by atoms with van der Waals surface area (Å²) in [5, 5.41) is 0.164. The number of nitrogens with two attached hydrogens (primary N) is 1. The minimum Gasteiger partial charge on any atom is -0.330 e. The molecule has 2 rings (SSSR count). The smallest absolute Gasteiger partial charge is 0.151 e. The third-order valence-electron chi connectivity index (χ3n) is 3.09. The van der Waals surface area contributed by atoms with Crippen LogP contribution in [0.5, 0.6) is 0 Å². The maximum Gasteiger partial charge on any atom is 0.151 e. The first-order chi connectivity index (χ1) is 8.50. The molecule has 0 amide bonds. The van der Waals surface area contributed by atoms with Crippen LogP contribution in [0.4, 0.5) is 0 Å². The lowest BCUT2D eigenvalue weighted by Gasteiger charge is -2.12. The second kappa shape index (κ2) is 5.63. The van der Waals surface area contributed by atoms with Crippen molar-refractivity contribution in [2.24, 2.45) is 11.7 Å². The standard InChI is InChI=1S/C13H19NO2S2/c1-10(7-14)8-18(15,16)9-12-6-11-4-2-3-5-13(11)17-12/h2-5,10,12H,6-9,14H2,1H3. The highest BCUT2D eigenvalue weighted by molar-refractivity contribution is 8.01. The van der Waals surface area contributed by atoms with Crippen LogP contribution >= 0.6 is 11.8 Å². The average molecular weight is 285 g/mol. The Bertz CT molecular complexity index is 488. The molecule has 0 radical (unpaired) electrons.